The molecule has 0 amide bonds. The molecule has 1 aromatic heterocycles. The van der Waals surface area contributed by atoms with Gasteiger partial charge in [-0.25, -0.2) is 9.97 Å². The summed E-state index contributed by atoms with van der Waals surface area (Å²) in [5.41, 5.74) is 6.89. The molecule has 0 saturated carbocycles. The van der Waals surface area contributed by atoms with Gasteiger partial charge in [0.1, 0.15) is 0 Å². The Morgan fingerprint density at radius 3 is 2.39 bits per heavy atom. The van der Waals surface area contributed by atoms with Crippen LogP contribution in [0, 0.1) is 0 Å². The van der Waals surface area contributed by atoms with Crippen LogP contribution < -0.4 is 10.6 Å². The molecule has 1 saturated heterocycles. The van der Waals surface area contributed by atoms with Crippen LogP contribution in [0.4, 0.5) is 5.95 Å². The number of nitrogens with two attached hydrogens (primary N) is 1. The van der Waals surface area contributed by atoms with Crippen molar-refractivity contribution in [2.24, 2.45) is 5.73 Å². The summed E-state index contributed by atoms with van der Waals surface area (Å²) in [5.74, 6) is 0.849. The lowest BCUT2D eigenvalue weighted by Gasteiger charge is -2.34. The number of anilines is 1. The van der Waals surface area contributed by atoms with E-state index < -0.39 is 0 Å². The predicted octanol–water partition coefficient (Wildman–Crippen LogP) is 1.70. The van der Waals surface area contributed by atoms with E-state index in [0.29, 0.717) is 10.5 Å². The van der Waals surface area contributed by atoms with E-state index in [1.165, 1.54) is 0 Å². The van der Waals surface area contributed by atoms with E-state index in [4.69, 9.17) is 5.73 Å². The highest BCUT2D eigenvalue weighted by atomic mass is 32.2. The first-order valence-corrected chi connectivity index (χ1v) is 7.45. The Balaban J connectivity index is 2.04. The minimum atomic E-state index is 0.158. The number of rotatable bonds is 3. The van der Waals surface area contributed by atoms with Crippen molar-refractivity contribution in [3.8, 4) is 0 Å². The van der Waals surface area contributed by atoms with Crippen molar-refractivity contribution < 1.29 is 0 Å². The molecule has 1 aliphatic rings. The van der Waals surface area contributed by atoms with Crippen molar-refractivity contribution in [2.75, 3.05) is 18.0 Å². The Morgan fingerprint density at radius 1 is 1.33 bits per heavy atom. The summed E-state index contributed by atoms with van der Waals surface area (Å²) in [5, 5.41) is 1.28. The number of hydrogen-bond donors (Lipinski definition) is 1. The van der Waals surface area contributed by atoms with Gasteiger partial charge in [-0.05, 0) is 18.9 Å². The van der Waals surface area contributed by atoms with Crippen LogP contribution in [0.5, 0.6) is 0 Å². The fraction of sp³-hybridized carbons (Fsp3) is 0.692. The smallest absolute Gasteiger partial charge is 0.225 e. The molecule has 0 spiro atoms. The maximum Gasteiger partial charge on any atom is 0.225 e. The Labute approximate surface area is 113 Å². The molecule has 0 aliphatic carbocycles. The van der Waals surface area contributed by atoms with Gasteiger partial charge in [0.2, 0.25) is 5.95 Å². The summed E-state index contributed by atoms with van der Waals surface area (Å²) in [4.78, 5) is 11.2. The minimum absolute atomic E-state index is 0.158. The van der Waals surface area contributed by atoms with Gasteiger partial charge in [0, 0.05) is 42.0 Å². The fourth-order valence-electron chi connectivity index (χ4n) is 2.33. The number of aromatic nitrogens is 2. The van der Waals surface area contributed by atoms with E-state index in [-0.39, 0.29) is 6.04 Å². The van der Waals surface area contributed by atoms with Gasteiger partial charge in [-0.3, -0.25) is 0 Å². The Kier molecular flexibility index (Phi) is 4.45. The summed E-state index contributed by atoms with van der Waals surface area (Å²) in [6, 6.07) is 0.158. The zero-order chi connectivity index (χ0) is 13.1. The van der Waals surface area contributed by atoms with Gasteiger partial charge in [-0.15, -0.1) is 0 Å². The van der Waals surface area contributed by atoms with Gasteiger partial charge in [-0.2, -0.15) is 11.8 Å². The molecule has 1 aliphatic heterocycles. The molecular formula is C13H22N4S. The van der Waals surface area contributed by atoms with Gasteiger partial charge in [0.05, 0.1) is 0 Å². The topological polar surface area (TPSA) is 55.0 Å². The van der Waals surface area contributed by atoms with Crippen molar-refractivity contribution in [3.05, 3.63) is 18.0 Å². The largest absolute Gasteiger partial charge is 0.339 e. The number of thioether (sulfide) groups is 1. The average molecular weight is 266 g/mol. The second kappa shape index (κ2) is 5.89. The lowest BCUT2D eigenvalue weighted by Crippen LogP contribution is -2.41. The molecule has 100 valence electrons. The minimum Gasteiger partial charge on any atom is -0.339 e. The molecule has 4 nitrogen and oxygen atoms in total. The summed E-state index contributed by atoms with van der Waals surface area (Å²) in [6.07, 6.45) is 4.65. The van der Waals surface area contributed by atoms with Crippen LogP contribution in [0.15, 0.2) is 12.4 Å². The summed E-state index contributed by atoms with van der Waals surface area (Å²) in [6.45, 7) is 8.58. The van der Waals surface area contributed by atoms with Gasteiger partial charge >= 0.3 is 0 Å². The second-order valence-corrected chi connectivity index (χ2v) is 7.12. The quantitative estimate of drug-likeness (QED) is 0.902. The zero-order valence-electron chi connectivity index (χ0n) is 11.3. The molecule has 2 rings (SSSR count). The average Bonchev–Trinajstić information content (AvgIpc) is 2.27. The molecule has 18 heavy (non-hydrogen) atoms. The maximum absolute atomic E-state index is 5.77. The van der Waals surface area contributed by atoms with Crippen molar-refractivity contribution >= 4 is 17.7 Å². The van der Waals surface area contributed by atoms with Crippen LogP contribution in [0.25, 0.3) is 0 Å². The van der Waals surface area contributed by atoms with Gasteiger partial charge < -0.3 is 10.6 Å². The molecule has 0 aromatic carbocycles. The first-order chi connectivity index (χ1) is 8.54. The molecule has 2 heterocycles. The van der Waals surface area contributed by atoms with Crippen molar-refractivity contribution in [1.82, 2.24) is 9.97 Å². The van der Waals surface area contributed by atoms with E-state index >= 15 is 0 Å². The van der Waals surface area contributed by atoms with Crippen LogP contribution in [0.2, 0.25) is 0 Å². The van der Waals surface area contributed by atoms with E-state index in [1.807, 2.05) is 31.1 Å². The molecule has 0 bridgehead atoms. The first-order valence-electron chi connectivity index (χ1n) is 6.51. The second-order valence-electron chi connectivity index (χ2n) is 5.24. The van der Waals surface area contributed by atoms with Crippen LogP contribution in [-0.4, -0.2) is 39.6 Å². The Morgan fingerprint density at radius 2 is 1.89 bits per heavy atom. The SMILES string of the molecule is CC(N)Cc1cnc(N2CC(C)SC(C)C2)nc1. The lowest BCUT2D eigenvalue weighted by atomic mass is 10.1. The van der Waals surface area contributed by atoms with E-state index in [2.05, 4.69) is 28.7 Å². The highest BCUT2D eigenvalue weighted by Gasteiger charge is 2.23. The van der Waals surface area contributed by atoms with Crippen molar-refractivity contribution in [1.29, 1.82) is 0 Å². The van der Waals surface area contributed by atoms with Crippen LogP contribution in [0.1, 0.15) is 26.3 Å². The van der Waals surface area contributed by atoms with Gasteiger partial charge in [0.25, 0.3) is 0 Å². The van der Waals surface area contributed by atoms with Crippen LogP contribution in [0.3, 0.4) is 0 Å². The molecule has 2 N–H and O–H groups in total. The molecule has 3 atom stereocenters. The van der Waals surface area contributed by atoms with Crippen molar-refractivity contribution in [2.45, 2.75) is 43.7 Å². The lowest BCUT2D eigenvalue weighted by molar-refractivity contribution is 0.699. The Hall–Kier alpha value is -0.810. The number of hydrogen-bond acceptors (Lipinski definition) is 5. The highest BCUT2D eigenvalue weighted by Crippen LogP contribution is 2.26. The highest BCUT2D eigenvalue weighted by molar-refractivity contribution is 8.00. The summed E-state index contributed by atoms with van der Waals surface area (Å²) in [7, 11) is 0. The normalized spacial score (nSPS) is 26.1. The van der Waals surface area contributed by atoms with Crippen LogP contribution >= 0.6 is 11.8 Å². The Bertz CT molecular complexity index is 369. The standard InChI is InChI=1S/C13H22N4S/c1-9(14)4-12-5-15-13(16-6-12)17-7-10(2)18-11(3)8-17/h5-6,9-11H,4,7-8,14H2,1-3H3. The summed E-state index contributed by atoms with van der Waals surface area (Å²) < 4.78 is 0. The van der Waals surface area contributed by atoms with E-state index in [9.17, 15) is 0 Å². The molecule has 5 heteroatoms. The van der Waals surface area contributed by atoms with E-state index in [0.717, 1.165) is 31.0 Å². The molecule has 1 aromatic rings. The molecule has 1 fully saturated rings. The molecular weight excluding hydrogens is 244 g/mol. The molecule has 0 radical (unpaired) electrons. The maximum atomic E-state index is 5.77. The summed E-state index contributed by atoms with van der Waals surface area (Å²) >= 11 is 2.04. The van der Waals surface area contributed by atoms with Gasteiger partial charge in [-0.1, -0.05) is 13.8 Å². The van der Waals surface area contributed by atoms with Gasteiger partial charge in [0.15, 0.2) is 0 Å². The molecule has 3 unspecified atom stereocenters. The van der Waals surface area contributed by atoms with E-state index in [1.54, 1.807) is 0 Å². The van der Waals surface area contributed by atoms with Crippen LogP contribution in [-0.2, 0) is 6.42 Å². The zero-order valence-corrected chi connectivity index (χ0v) is 12.2. The monoisotopic (exact) mass is 266 g/mol. The first kappa shape index (κ1) is 13.6. The predicted molar refractivity (Wildman–Crippen MR) is 78.1 cm³/mol. The fourth-order valence-corrected chi connectivity index (χ4v) is 3.65. The third-order valence-electron chi connectivity index (χ3n) is 2.95. The third kappa shape index (κ3) is 3.59. The third-order valence-corrected chi connectivity index (χ3v) is 4.18. The number of nitrogens with zero attached hydrogens (tertiary/aromatic N) is 3. The van der Waals surface area contributed by atoms with Crippen molar-refractivity contribution in [3.63, 3.8) is 0 Å².